The Hall–Kier alpha value is -1.20. The first-order valence-electron chi connectivity index (χ1n) is 6.17. The van der Waals surface area contributed by atoms with Gasteiger partial charge < -0.3 is 15.8 Å². The van der Waals surface area contributed by atoms with Crippen LogP contribution in [-0.2, 0) is 0 Å². The Balaban J connectivity index is 2.13. The summed E-state index contributed by atoms with van der Waals surface area (Å²) in [6.45, 7) is 4.01. The maximum absolute atomic E-state index is 10.2. The van der Waals surface area contributed by atoms with Crippen molar-refractivity contribution in [2.75, 3.05) is 11.5 Å². The van der Waals surface area contributed by atoms with Gasteiger partial charge in [-0.3, -0.25) is 0 Å². The summed E-state index contributed by atoms with van der Waals surface area (Å²) in [5.41, 5.74) is 7.68. The van der Waals surface area contributed by atoms with Crippen molar-refractivity contribution in [1.82, 2.24) is 9.97 Å². The van der Waals surface area contributed by atoms with Crippen LogP contribution >= 0.6 is 11.8 Å². The van der Waals surface area contributed by atoms with E-state index in [-0.39, 0.29) is 0 Å². The summed E-state index contributed by atoms with van der Waals surface area (Å²) < 4.78 is 0. The number of aromatic nitrogens is 2. The van der Waals surface area contributed by atoms with Crippen LogP contribution in [0.2, 0.25) is 0 Å². The molecule has 4 N–H and O–H groups in total. The molecule has 0 atom stereocenters. The van der Waals surface area contributed by atoms with Crippen molar-refractivity contribution in [3.63, 3.8) is 0 Å². The summed E-state index contributed by atoms with van der Waals surface area (Å²) in [7, 11) is 0. The van der Waals surface area contributed by atoms with Crippen LogP contribution in [0.3, 0.4) is 0 Å². The number of nitrogens with zero attached hydrogens (tertiary/aromatic N) is 1. The fraction of sp³-hybridized carbons (Fsp3) is 0.462. The van der Waals surface area contributed by atoms with Gasteiger partial charge in [-0.25, -0.2) is 4.98 Å². The van der Waals surface area contributed by atoms with Gasteiger partial charge >= 0.3 is 0 Å². The van der Waals surface area contributed by atoms with Crippen molar-refractivity contribution in [3.8, 4) is 0 Å². The fourth-order valence-electron chi connectivity index (χ4n) is 1.73. The first-order chi connectivity index (χ1) is 8.56. The van der Waals surface area contributed by atoms with Crippen molar-refractivity contribution in [3.05, 3.63) is 18.2 Å². The van der Waals surface area contributed by atoms with Crippen molar-refractivity contribution >= 4 is 28.5 Å². The molecular formula is C13H19N3OS. The number of hydrogen-bond donors (Lipinski definition) is 3. The van der Waals surface area contributed by atoms with Crippen molar-refractivity contribution in [1.29, 1.82) is 0 Å². The number of H-pyrrole nitrogens is 1. The van der Waals surface area contributed by atoms with E-state index in [2.05, 4.69) is 9.97 Å². The molecule has 0 radical (unpaired) electrons. The van der Waals surface area contributed by atoms with Crippen molar-refractivity contribution < 1.29 is 5.11 Å². The molecule has 4 nitrogen and oxygen atoms in total. The molecule has 0 unspecified atom stereocenters. The number of thioether (sulfide) groups is 1. The van der Waals surface area contributed by atoms with Crippen LogP contribution in [0.1, 0.15) is 26.7 Å². The third-order valence-corrected chi connectivity index (χ3v) is 4.43. The number of nitrogen functional groups attached to an aromatic ring is 1. The van der Waals surface area contributed by atoms with Crippen LogP contribution < -0.4 is 5.73 Å². The van der Waals surface area contributed by atoms with Gasteiger partial charge in [0.2, 0.25) is 0 Å². The Morgan fingerprint density at radius 3 is 2.78 bits per heavy atom. The molecule has 0 aliphatic rings. The molecule has 0 bridgehead atoms. The summed E-state index contributed by atoms with van der Waals surface area (Å²) in [5, 5.41) is 11.1. The second-order valence-electron chi connectivity index (χ2n) is 4.54. The minimum Gasteiger partial charge on any atom is -0.399 e. The number of fused-ring (bicyclic) bond motifs is 1. The Morgan fingerprint density at radius 1 is 1.39 bits per heavy atom. The normalized spacial score (nSPS) is 12.2. The highest BCUT2D eigenvalue weighted by Gasteiger charge is 2.22. The standard InChI is InChI=1S/C13H19N3OS/c1-3-13(17,4-2)8-18-12-15-10-6-5-9(14)7-11(10)16-12/h5-7,17H,3-4,8,14H2,1-2H3,(H,15,16). The summed E-state index contributed by atoms with van der Waals surface area (Å²) in [5.74, 6) is 0.648. The quantitative estimate of drug-likeness (QED) is 0.574. The third-order valence-electron chi connectivity index (χ3n) is 3.28. The molecule has 0 fully saturated rings. The van der Waals surface area contributed by atoms with Gasteiger partial charge in [0.15, 0.2) is 5.16 Å². The second-order valence-corrected chi connectivity index (χ2v) is 5.50. The molecule has 1 heterocycles. The molecule has 0 spiro atoms. The maximum Gasteiger partial charge on any atom is 0.166 e. The number of imidazole rings is 1. The number of anilines is 1. The molecule has 5 heteroatoms. The lowest BCUT2D eigenvalue weighted by atomic mass is 10.0. The molecule has 0 saturated carbocycles. The molecule has 2 aromatic rings. The number of nitrogens with one attached hydrogen (secondary N) is 1. The zero-order valence-corrected chi connectivity index (χ0v) is 11.5. The van der Waals surface area contributed by atoms with Gasteiger partial charge in [0.1, 0.15) is 0 Å². The summed E-state index contributed by atoms with van der Waals surface area (Å²) in [4.78, 5) is 7.68. The molecule has 1 aromatic heterocycles. The second kappa shape index (κ2) is 5.20. The van der Waals surface area contributed by atoms with E-state index in [0.29, 0.717) is 5.75 Å². The predicted molar refractivity (Wildman–Crippen MR) is 76.8 cm³/mol. The molecular weight excluding hydrogens is 246 g/mol. The zero-order valence-electron chi connectivity index (χ0n) is 10.7. The summed E-state index contributed by atoms with van der Waals surface area (Å²) in [6, 6.07) is 5.61. The fourth-order valence-corrected chi connectivity index (χ4v) is 2.89. The van der Waals surface area contributed by atoms with Gasteiger partial charge in [-0.05, 0) is 31.0 Å². The first kappa shape index (κ1) is 13.2. The zero-order chi connectivity index (χ0) is 13.2. The lowest BCUT2D eigenvalue weighted by Gasteiger charge is -2.23. The number of aliphatic hydroxyl groups is 1. The maximum atomic E-state index is 10.2. The van der Waals surface area contributed by atoms with E-state index in [1.54, 1.807) is 11.8 Å². The van der Waals surface area contributed by atoms with Crippen LogP contribution in [0.4, 0.5) is 5.69 Å². The van der Waals surface area contributed by atoms with E-state index in [1.165, 1.54) is 0 Å². The highest BCUT2D eigenvalue weighted by molar-refractivity contribution is 7.99. The van der Waals surface area contributed by atoms with Crippen LogP contribution in [0.25, 0.3) is 11.0 Å². The Morgan fingerprint density at radius 2 is 2.11 bits per heavy atom. The molecule has 2 rings (SSSR count). The van der Waals surface area contributed by atoms with Gasteiger partial charge in [0.05, 0.1) is 16.6 Å². The molecule has 1 aromatic carbocycles. The molecule has 0 amide bonds. The smallest absolute Gasteiger partial charge is 0.166 e. The number of nitrogens with two attached hydrogens (primary N) is 1. The Labute approximate surface area is 111 Å². The van der Waals surface area contributed by atoms with Crippen LogP contribution in [0, 0.1) is 0 Å². The van der Waals surface area contributed by atoms with Gasteiger partial charge in [0.25, 0.3) is 0 Å². The van der Waals surface area contributed by atoms with Gasteiger partial charge in [0, 0.05) is 11.4 Å². The van der Waals surface area contributed by atoms with E-state index < -0.39 is 5.60 Å². The van der Waals surface area contributed by atoms with Gasteiger partial charge in [-0.15, -0.1) is 0 Å². The highest BCUT2D eigenvalue weighted by atomic mass is 32.2. The Bertz CT molecular complexity index is 534. The third kappa shape index (κ3) is 2.79. The Kier molecular flexibility index (Phi) is 3.82. The van der Waals surface area contributed by atoms with Crippen LogP contribution in [0.15, 0.2) is 23.4 Å². The van der Waals surface area contributed by atoms with Crippen LogP contribution in [0.5, 0.6) is 0 Å². The average molecular weight is 265 g/mol. The number of rotatable bonds is 5. The highest BCUT2D eigenvalue weighted by Crippen LogP contribution is 2.27. The average Bonchev–Trinajstić information content (AvgIpc) is 2.78. The molecule has 0 aliphatic heterocycles. The molecule has 18 heavy (non-hydrogen) atoms. The molecule has 98 valence electrons. The topological polar surface area (TPSA) is 74.9 Å². The van der Waals surface area contributed by atoms with Crippen LogP contribution in [-0.4, -0.2) is 26.4 Å². The van der Waals surface area contributed by atoms with E-state index in [4.69, 9.17) is 5.73 Å². The monoisotopic (exact) mass is 265 g/mol. The van der Waals surface area contributed by atoms with Crippen molar-refractivity contribution in [2.45, 2.75) is 37.4 Å². The first-order valence-corrected chi connectivity index (χ1v) is 7.15. The number of aromatic amines is 1. The number of hydrogen-bond acceptors (Lipinski definition) is 4. The van der Waals surface area contributed by atoms with Gasteiger partial charge in [-0.2, -0.15) is 0 Å². The van der Waals surface area contributed by atoms with E-state index in [9.17, 15) is 5.11 Å². The lowest BCUT2D eigenvalue weighted by Crippen LogP contribution is -2.29. The van der Waals surface area contributed by atoms with Gasteiger partial charge in [-0.1, -0.05) is 25.6 Å². The molecule has 0 aliphatic carbocycles. The molecule has 0 saturated heterocycles. The van der Waals surface area contributed by atoms with E-state index >= 15 is 0 Å². The summed E-state index contributed by atoms with van der Waals surface area (Å²) >= 11 is 1.55. The van der Waals surface area contributed by atoms with Crippen molar-refractivity contribution in [2.24, 2.45) is 0 Å². The summed E-state index contributed by atoms with van der Waals surface area (Å²) in [6.07, 6.45) is 1.51. The minimum atomic E-state index is -0.608. The number of benzene rings is 1. The van der Waals surface area contributed by atoms with E-state index in [1.807, 2.05) is 32.0 Å². The minimum absolute atomic E-state index is 0.608. The predicted octanol–water partition coefficient (Wildman–Crippen LogP) is 2.79. The lowest BCUT2D eigenvalue weighted by molar-refractivity contribution is 0.0571. The SMILES string of the molecule is CCC(O)(CC)CSc1nc2ccc(N)cc2[nH]1. The van der Waals surface area contributed by atoms with E-state index in [0.717, 1.165) is 34.7 Å². The largest absolute Gasteiger partial charge is 0.399 e.